The van der Waals surface area contributed by atoms with Gasteiger partial charge < -0.3 is 14.8 Å². The van der Waals surface area contributed by atoms with Crippen molar-refractivity contribution in [2.75, 3.05) is 18.5 Å². The fourth-order valence-electron chi connectivity index (χ4n) is 1.99. The molecule has 0 aromatic heterocycles. The van der Waals surface area contributed by atoms with Gasteiger partial charge in [0.15, 0.2) is 5.79 Å². The molecule has 1 aromatic carbocycles. The molecule has 0 spiro atoms. The average Bonchev–Trinajstić information content (AvgIpc) is 2.64. The Kier molecular flexibility index (Phi) is 3.15. The zero-order chi connectivity index (χ0) is 12.5. The molecule has 0 bridgehead atoms. The first-order valence-electron chi connectivity index (χ1n) is 6.06. The lowest BCUT2D eigenvalue weighted by molar-refractivity contribution is -0.149. The molecule has 1 aliphatic heterocycles. The van der Waals surface area contributed by atoms with E-state index in [-0.39, 0.29) is 5.54 Å². The second kappa shape index (κ2) is 4.31. The summed E-state index contributed by atoms with van der Waals surface area (Å²) >= 11 is 0. The second-order valence-electron chi connectivity index (χ2n) is 5.60. The van der Waals surface area contributed by atoms with Gasteiger partial charge in [0.2, 0.25) is 0 Å². The Hall–Kier alpha value is -1.06. The van der Waals surface area contributed by atoms with Crippen molar-refractivity contribution < 1.29 is 9.47 Å². The third-order valence-corrected chi connectivity index (χ3v) is 2.74. The van der Waals surface area contributed by atoms with E-state index in [1.54, 1.807) is 0 Å². The van der Waals surface area contributed by atoms with Gasteiger partial charge in [-0.15, -0.1) is 0 Å². The molecule has 17 heavy (non-hydrogen) atoms. The Morgan fingerprint density at radius 2 is 1.82 bits per heavy atom. The first kappa shape index (κ1) is 12.4. The SMILES string of the molecule is CC(C)(C)Nc1cccc(C2(C)OCCO2)c1. The number of ether oxygens (including phenoxy) is 2. The van der Waals surface area contributed by atoms with Gasteiger partial charge >= 0.3 is 0 Å². The minimum atomic E-state index is -0.588. The predicted molar refractivity (Wildman–Crippen MR) is 69.1 cm³/mol. The van der Waals surface area contributed by atoms with Crippen LogP contribution in [0, 0.1) is 0 Å². The normalized spacial score (nSPS) is 19.3. The third-order valence-electron chi connectivity index (χ3n) is 2.74. The number of rotatable bonds is 2. The Labute approximate surface area is 103 Å². The van der Waals surface area contributed by atoms with Gasteiger partial charge in [-0.2, -0.15) is 0 Å². The van der Waals surface area contributed by atoms with Crippen LogP contribution in [0.25, 0.3) is 0 Å². The molecule has 0 radical (unpaired) electrons. The van der Waals surface area contributed by atoms with E-state index in [4.69, 9.17) is 9.47 Å². The van der Waals surface area contributed by atoms with Crippen LogP contribution in [-0.4, -0.2) is 18.8 Å². The monoisotopic (exact) mass is 235 g/mol. The van der Waals surface area contributed by atoms with Gasteiger partial charge in [-0.1, -0.05) is 12.1 Å². The van der Waals surface area contributed by atoms with Crippen LogP contribution in [0.4, 0.5) is 5.69 Å². The van der Waals surface area contributed by atoms with Crippen LogP contribution in [-0.2, 0) is 15.3 Å². The number of hydrogen-bond donors (Lipinski definition) is 1. The molecule has 1 aliphatic rings. The van der Waals surface area contributed by atoms with Crippen molar-refractivity contribution in [2.24, 2.45) is 0 Å². The van der Waals surface area contributed by atoms with E-state index < -0.39 is 5.79 Å². The van der Waals surface area contributed by atoms with Crippen LogP contribution >= 0.6 is 0 Å². The lowest BCUT2D eigenvalue weighted by Gasteiger charge is -2.26. The fraction of sp³-hybridized carbons (Fsp3) is 0.571. The molecular weight excluding hydrogens is 214 g/mol. The van der Waals surface area contributed by atoms with Crippen molar-refractivity contribution in [3.8, 4) is 0 Å². The molecule has 1 saturated heterocycles. The molecule has 1 heterocycles. The maximum atomic E-state index is 5.66. The van der Waals surface area contributed by atoms with Crippen LogP contribution in [0.1, 0.15) is 33.3 Å². The van der Waals surface area contributed by atoms with Crippen molar-refractivity contribution in [3.63, 3.8) is 0 Å². The number of nitrogens with one attached hydrogen (secondary N) is 1. The van der Waals surface area contributed by atoms with Gasteiger partial charge in [0.05, 0.1) is 13.2 Å². The summed E-state index contributed by atoms with van der Waals surface area (Å²) < 4.78 is 11.3. The number of benzene rings is 1. The van der Waals surface area contributed by atoms with E-state index in [1.807, 2.05) is 19.1 Å². The second-order valence-corrected chi connectivity index (χ2v) is 5.60. The van der Waals surface area contributed by atoms with Crippen LogP contribution in [0.15, 0.2) is 24.3 Å². The van der Waals surface area contributed by atoms with Crippen molar-refractivity contribution in [2.45, 2.75) is 39.0 Å². The quantitative estimate of drug-likeness (QED) is 0.854. The van der Waals surface area contributed by atoms with E-state index in [0.717, 1.165) is 11.3 Å². The van der Waals surface area contributed by atoms with Crippen molar-refractivity contribution in [3.05, 3.63) is 29.8 Å². The highest BCUT2D eigenvalue weighted by Gasteiger charge is 2.33. The molecule has 3 heteroatoms. The topological polar surface area (TPSA) is 30.5 Å². The van der Waals surface area contributed by atoms with E-state index >= 15 is 0 Å². The molecule has 94 valence electrons. The molecular formula is C14H21NO2. The summed E-state index contributed by atoms with van der Waals surface area (Å²) in [6.45, 7) is 9.72. The maximum absolute atomic E-state index is 5.66. The van der Waals surface area contributed by atoms with Crippen molar-refractivity contribution in [1.82, 2.24) is 0 Å². The molecule has 0 unspecified atom stereocenters. The summed E-state index contributed by atoms with van der Waals surface area (Å²) in [5.41, 5.74) is 2.20. The van der Waals surface area contributed by atoms with E-state index in [1.165, 1.54) is 0 Å². The van der Waals surface area contributed by atoms with E-state index in [0.29, 0.717) is 13.2 Å². The van der Waals surface area contributed by atoms with E-state index in [9.17, 15) is 0 Å². The highest BCUT2D eigenvalue weighted by atomic mass is 16.7. The summed E-state index contributed by atoms with van der Waals surface area (Å²) in [4.78, 5) is 0. The lowest BCUT2D eigenvalue weighted by atomic mass is 10.0. The Morgan fingerprint density at radius 3 is 2.41 bits per heavy atom. The van der Waals surface area contributed by atoms with Gasteiger partial charge in [0, 0.05) is 16.8 Å². The van der Waals surface area contributed by atoms with Crippen LogP contribution < -0.4 is 5.32 Å². The van der Waals surface area contributed by atoms with Gasteiger partial charge in [0.1, 0.15) is 0 Å². The van der Waals surface area contributed by atoms with Crippen LogP contribution in [0.3, 0.4) is 0 Å². The predicted octanol–water partition coefficient (Wildman–Crippen LogP) is 3.12. The van der Waals surface area contributed by atoms with Crippen molar-refractivity contribution in [1.29, 1.82) is 0 Å². The molecule has 2 rings (SSSR count). The third kappa shape index (κ3) is 2.99. The summed E-state index contributed by atoms with van der Waals surface area (Å²) in [6.07, 6.45) is 0. The molecule has 0 amide bonds. The summed E-state index contributed by atoms with van der Waals surface area (Å²) in [5, 5.41) is 3.45. The molecule has 1 fully saturated rings. The first-order chi connectivity index (χ1) is 7.89. The van der Waals surface area contributed by atoms with E-state index in [2.05, 4.69) is 38.2 Å². The molecule has 0 aliphatic carbocycles. The number of anilines is 1. The number of hydrogen-bond acceptors (Lipinski definition) is 3. The smallest absolute Gasteiger partial charge is 0.192 e. The highest BCUT2D eigenvalue weighted by Crippen LogP contribution is 2.32. The first-order valence-corrected chi connectivity index (χ1v) is 6.06. The molecule has 0 saturated carbocycles. The standard InChI is InChI=1S/C14H21NO2/c1-13(2,3)15-12-7-5-6-11(10-12)14(4)16-8-9-17-14/h5-7,10,15H,8-9H2,1-4H3. The minimum absolute atomic E-state index is 0.0525. The zero-order valence-corrected chi connectivity index (χ0v) is 11.0. The molecule has 1 N–H and O–H groups in total. The fourth-order valence-corrected chi connectivity index (χ4v) is 1.99. The Morgan fingerprint density at radius 1 is 1.18 bits per heavy atom. The highest BCUT2D eigenvalue weighted by molar-refractivity contribution is 5.48. The Bertz CT molecular complexity index is 389. The van der Waals surface area contributed by atoms with Gasteiger partial charge in [-0.25, -0.2) is 0 Å². The Balaban J connectivity index is 2.22. The molecule has 0 atom stereocenters. The molecule has 3 nitrogen and oxygen atoms in total. The average molecular weight is 235 g/mol. The molecule has 1 aromatic rings. The summed E-state index contributed by atoms with van der Waals surface area (Å²) in [6, 6.07) is 8.22. The lowest BCUT2D eigenvalue weighted by Crippen LogP contribution is -2.27. The van der Waals surface area contributed by atoms with Gasteiger partial charge in [-0.05, 0) is 39.8 Å². The van der Waals surface area contributed by atoms with Gasteiger partial charge in [-0.3, -0.25) is 0 Å². The minimum Gasteiger partial charge on any atom is -0.380 e. The van der Waals surface area contributed by atoms with Gasteiger partial charge in [0.25, 0.3) is 0 Å². The summed E-state index contributed by atoms with van der Waals surface area (Å²) in [5.74, 6) is -0.588. The largest absolute Gasteiger partial charge is 0.380 e. The summed E-state index contributed by atoms with van der Waals surface area (Å²) in [7, 11) is 0. The maximum Gasteiger partial charge on any atom is 0.192 e. The van der Waals surface area contributed by atoms with Crippen LogP contribution in [0.5, 0.6) is 0 Å². The van der Waals surface area contributed by atoms with Crippen LogP contribution in [0.2, 0.25) is 0 Å². The van der Waals surface area contributed by atoms with Crippen molar-refractivity contribution >= 4 is 5.69 Å². The zero-order valence-electron chi connectivity index (χ0n) is 11.0.